The molecule has 1 fully saturated rings. The average Bonchev–Trinajstić information content (AvgIpc) is 2.67. The van der Waals surface area contributed by atoms with Gasteiger partial charge in [-0.05, 0) is 37.5 Å². The zero-order chi connectivity index (χ0) is 17.6. The Morgan fingerprint density at radius 2 is 1.64 bits per heavy atom. The first-order chi connectivity index (χ1) is 12.1. The molecule has 1 aliphatic heterocycles. The van der Waals surface area contributed by atoms with Crippen LogP contribution in [0.4, 0.5) is 11.4 Å². The van der Waals surface area contributed by atoms with Crippen LogP contribution >= 0.6 is 0 Å². The van der Waals surface area contributed by atoms with Gasteiger partial charge >= 0.3 is 0 Å². The number of benzene rings is 2. The smallest absolute Gasteiger partial charge is 0.269 e. The highest BCUT2D eigenvalue weighted by Gasteiger charge is 2.21. The Hall–Kier alpha value is -2.40. The lowest BCUT2D eigenvalue weighted by molar-refractivity contribution is -0.384. The molecule has 0 aromatic heterocycles. The van der Waals surface area contributed by atoms with Crippen molar-refractivity contribution in [2.24, 2.45) is 0 Å². The van der Waals surface area contributed by atoms with Gasteiger partial charge in [0.25, 0.3) is 5.69 Å². The van der Waals surface area contributed by atoms with Gasteiger partial charge in [0.15, 0.2) is 0 Å². The number of rotatable bonds is 6. The van der Waals surface area contributed by atoms with E-state index in [1.54, 1.807) is 12.1 Å². The third-order valence-electron chi connectivity index (χ3n) is 5.06. The van der Waals surface area contributed by atoms with E-state index >= 15 is 0 Å². The van der Waals surface area contributed by atoms with Gasteiger partial charge in [-0.25, -0.2) is 0 Å². The van der Waals surface area contributed by atoms with Crippen molar-refractivity contribution < 1.29 is 4.92 Å². The molecule has 0 spiro atoms. The van der Waals surface area contributed by atoms with Crippen molar-refractivity contribution in [2.75, 3.05) is 31.1 Å². The van der Waals surface area contributed by atoms with Gasteiger partial charge in [0, 0.05) is 50.0 Å². The summed E-state index contributed by atoms with van der Waals surface area (Å²) in [6.45, 7) is 6.31. The highest BCUT2D eigenvalue weighted by Crippen LogP contribution is 2.21. The van der Waals surface area contributed by atoms with Crippen LogP contribution in [0, 0.1) is 10.1 Å². The molecule has 2 aromatic carbocycles. The van der Waals surface area contributed by atoms with Crippen molar-refractivity contribution in [2.45, 2.75) is 25.8 Å². The summed E-state index contributed by atoms with van der Waals surface area (Å²) in [6, 6.07) is 18.1. The van der Waals surface area contributed by atoms with Crippen molar-refractivity contribution in [1.82, 2.24) is 4.90 Å². The number of nitro benzene ring substituents is 1. The molecule has 0 amide bonds. The molecule has 1 saturated heterocycles. The molecule has 25 heavy (non-hydrogen) atoms. The Bertz CT molecular complexity index is 680. The highest BCUT2D eigenvalue weighted by molar-refractivity contribution is 5.51. The number of hydrogen-bond acceptors (Lipinski definition) is 4. The molecule has 132 valence electrons. The molecule has 5 nitrogen and oxygen atoms in total. The lowest BCUT2D eigenvalue weighted by Crippen LogP contribution is -2.49. The van der Waals surface area contributed by atoms with E-state index in [1.165, 1.54) is 12.0 Å². The molecule has 0 saturated carbocycles. The summed E-state index contributed by atoms with van der Waals surface area (Å²) < 4.78 is 0. The predicted molar refractivity (Wildman–Crippen MR) is 101 cm³/mol. The predicted octanol–water partition coefficient (Wildman–Crippen LogP) is 3.74. The van der Waals surface area contributed by atoms with Crippen LogP contribution in [-0.4, -0.2) is 42.0 Å². The van der Waals surface area contributed by atoms with E-state index in [2.05, 4.69) is 47.1 Å². The fourth-order valence-electron chi connectivity index (χ4n) is 3.41. The first-order valence-corrected chi connectivity index (χ1v) is 8.91. The topological polar surface area (TPSA) is 49.6 Å². The third-order valence-corrected chi connectivity index (χ3v) is 5.06. The molecule has 1 aliphatic rings. The molecule has 0 unspecified atom stereocenters. The third kappa shape index (κ3) is 4.57. The van der Waals surface area contributed by atoms with Crippen molar-refractivity contribution in [3.8, 4) is 0 Å². The van der Waals surface area contributed by atoms with Crippen molar-refractivity contribution in [3.63, 3.8) is 0 Å². The minimum atomic E-state index is -0.351. The monoisotopic (exact) mass is 339 g/mol. The molecule has 0 radical (unpaired) electrons. The minimum absolute atomic E-state index is 0.150. The van der Waals surface area contributed by atoms with Gasteiger partial charge in [0.05, 0.1) is 4.92 Å². The zero-order valence-corrected chi connectivity index (χ0v) is 14.7. The molecule has 0 aliphatic carbocycles. The summed E-state index contributed by atoms with van der Waals surface area (Å²) in [4.78, 5) is 15.3. The Labute approximate surface area is 149 Å². The van der Waals surface area contributed by atoms with E-state index in [1.807, 2.05) is 12.1 Å². The first-order valence-electron chi connectivity index (χ1n) is 8.91. The van der Waals surface area contributed by atoms with Gasteiger partial charge in [-0.15, -0.1) is 0 Å². The Morgan fingerprint density at radius 1 is 1.00 bits per heavy atom. The van der Waals surface area contributed by atoms with Crippen molar-refractivity contribution in [1.29, 1.82) is 0 Å². The van der Waals surface area contributed by atoms with Crippen LogP contribution in [0.2, 0.25) is 0 Å². The maximum atomic E-state index is 10.8. The van der Waals surface area contributed by atoms with Gasteiger partial charge in [-0.3, -0.25) is 15.0 Å². The number of non-ortho nitro benzene ring substituents is 1. The normalized spacial score (nSPS) is 16.6. The highest BCUT2D eigenvalue weighted by atomic mass is 16.6. The zero-order valence-electron chi connectivity index (χ0n) is 14.7. The van der Waals surface area contributed by atoms with Crippen molar-refractivity contribution >= 4 is 11.4 Å². The second-order valence-corrected chi connectivity index (χ2v) is 6.67. The number of anilines is 1. The second kappa shape index (κ2) is 8.12. The lowest BCUT2D eigenvalue weighted by atomic mass is 10.0. The number of nitro groups is 1. The summed E-state index contributed by atoms with van der Waals surface area (Å²) >= 11 is 0. The molecule has 1 atom stereocenters. The van der Waals surface area contributed by atoms with Crippen LogP contribution in [0.3, 0.4) is 0 Å². The summed E-state index contributed by atoms with van der Waals surface area (Å²) in [6.07, 6.45) is 2.28. The van der Waals surface area contributed by atoms with Crippen LogP contribution < -0.4 is 4.90 Å². The molecule has 5 heteroatoms. The van der Waals surface area contributed by atoms with Gasteiger partial charge in [-0.1, -0.05) is 30.3 Å². The SMILES string of the molecule is C[C@@H](CCc1ccccc1)N1CCN(c2ccc([N+](=O)[O-])cc2)CC1. The van der Waals surface area contributed by atoms with Gasteiger partial charge in [-0.2, -0.15) is 0 Å². The Balaban J connectivity index is 1.48. The van der Waals surface area contributed by atoms with Gasteiger partial charge < -0.3 is 4.90 Å². The molecular weight excluding hydrogens is 314 g/mol. The summed E-state index contributed by atoms with van der Waals surface area (Å²) in [5.74, 6) is 0. The molecule has 0 bridgehead atoms. The second-order valence-electron chi connectivity index (χ2n) is 6.67. The summed E-state index contributed by atoms with van der Waals surface area (Å²) in [5, 5.41) is 10.8. The van der Waals surface area contributed by atoms with Crippen LogP contribution in [-0.2, 0) is 6.42 Å². The molecule has 0 N–H and O–H groups in total. The maximum Gasteiger partial charge on any atom is 0.269 e. The largest absolute Gasteiger partial charge is 0.369 e. The first kappa shape index (κ1) is 17.4. The van der Waals surface area contributed by atoms with Gasteiger partial charge in [0.2, 0.25) is 0 Å². The molecular formula is C20H25N3O2. The fraction of sp³-hybridized carbons (Fsp3) is 0.400. The van der Waals surface area contributed by atoms with E-state index in [0.717, 1.165) is 38.3 Å². The van der Waals surface area contributed by atoms with E-state index in [0.29, 0.717) is 6.04 Å². The van der Waals surface area contributed by atoms with E-state index in [9.17, 15) is 10.1 Å². The standard InChI is InChI=1S/C20H25N3O2/c1-17(7-8-18-5-3-2-4-6-18)21-13-15-22(16-14-21)19-9-11-20(12-10-19)23(24)25/h2-6,9-12,17H,7-8,13-16H2,1H3/t17-/m0/s1. The van der Waals surface area contributed by atoms with Crippen molar-refractivity contribution in [3.05, 3.63) is 70.3 Å². The molecule has 3 rings (SSSR count). The maximum absolute atomic E-state index is 10.8. The summed E-state index contributed by atoms with van der Waals surface area (Å²) in [7, 11) is 0. The van der Waals surface area contributed by atoms with E-state index in [-0.39, 0.29) is 10.6 Å². The van der Waals surface area contributed by atoms with E-state index in [4.69, 9.17) is 0 Å². The Kier molecular flexibility index (Phi) is 5.66. The van der Waals surface area contributed by atoms with Crippen LogP contribution in [0.25, 0.3) is 0 Å². The summed E-state index contributed by atoms with van der Waals surface area (Å²) in [5.41, 5.74) is 2.62. The number of piperazine rings is 1. The fourth-order valence-corrected chi connectivity index (χ4v) is 3.41. The number of nitrogens with zero attached hydrogens (tertiary/aromatic N) is 3. The minimum Gasteiger partial charge on any atom is -0.369 e. The quantitative estimate of drug-likeness (QED) is 0.594. The van der Waals surface area contributed by atoms with Gasteiger partial charge in [0.1, 0.15) is 0 Å². The lowest BCUT2D eigenvalue weighted by Gasteiger charge is -2.39. The van der Waals surface area contributed by atoms with Crippen LogP contribution in [0.5, 0.6) is 0 Å². The molecule has 2 aromatic rings. The van der Waals surface area contributed by atoms with Crippen LogP contribution in [0.1, 0.15) is 18.9 Å². The Morgan fingerprint density at radius 3 is 2.24 bits per heavy atom. The molecule has 1 heterocycles. The van der Waals surface area contributed by atoms with E-state index < -0.39 is 0 Å². The van der Waals surface area contributed by atoms with Crippen LogP contribution in [0.15, 0.2) is 54.6 Å². The number of aryl methyl sites for hydroxylation is 1. The number of hydrogen-bond donors (Lipinski definition) is 0. The average molecular weight is 339 g/mol.